The molecule has 0 amide bonds. The van der Waals surface area contributed by atoms with E-state index in [2.05, 4.69) is 4.40 Å². The largest absolute Gasteiger partial charge is 0.469 e. The van der Waals surface area contributed by atoms with Gasteiger partial charge in [0.2, 0.25) is 5.96 Å². The second-order valence-corrected chi connectivity index (χ2v) is 7.44. The Bertz CT molecular complexity index is 767. The third-order valence-electron chi connectivity index (χ3n) is 4.51. The molecule has 3 rings (SSSR count). The van der Waals surface area contributed by atoms with Crippen LogP contribution in [-0.2, 0) is 19.6 Å². The Kier molecular flexibility index (Phi) is 4.49. The van der Waals surface area contributed by atoms with Crippen molar-refractivity contribution in [1.82, 2.24) is 4.90 Å². The van der Waals surface area contributed by atoms with Crippen molar-refractivity contribution in [2.75, 3.05) is 31.6 Å². The number of fused-ring (bicyclic) bond motifs is 1. The van der Waals surface area contributed by atoms with Gasteiger partial charge < -0.3 is 14.5 Å². The number of benzene rings is 1. The van der Waals surface area contributed by atoms with Gasteiger partial charge in [0.25, 0.3) is 10.0 Å². The molecule has 2 aliphatic rings. The molecule has 0 radical (unpaired) electrons. The van der Waals surface area contributed by atoms with Gasteiger partial charge in [-0.15, -0.1) is 4.40 Å². The number of piperidine rings is 1. The molecule has 0 spiro atoms. The van der Waals surface area contributed by atoms with Crippen LogP contribution in [-0.4, -0.2) is 52.0 Å². The lowest BCUT2D eigenvalue weighted by molar-refractivity contribution is -0.146. The number of methoxy groups -OCH3 is 1. The van der Waals surface area contributed by atoms with Gasteiger partial charge in [-0.25, -0.2) is 0 Å². The smallest absolute Gasteiger partial charge is 0.308 e. The summed E-state index contributed by atoms with van der Waals surface area (Å²) < 4.78 is 33.8. The molecule has 8 heteroatoms. The highest BCUT2D eigenvalue weighted by Crippen LogP contribution is 2.33. The first-order valence-corrected chi connectivity index (χ1v) is 9.46. The summed E-state index contributed by atoms with van der Waals surface area (Å²) in [6, 6.07) is 6.90. The molecule has 1 saturated heterocycles. The lowest BCUT2D eigenvalue weighted by Gasteiger charge is -2.39. The van der Waals surface area contributed by atoms with Gasteiger partial charge in [0.15, 0.2) is 0 Å². The lowest BCUT2D eigenvalue weighted by atomic mass is 9.97. The minimum Gasteiger partial charge on any atom is -0.469 e. The van der Waals surface area contributed by atoms with Crippen LogP contribution in [0.2, 0.25) is 0 Å². The van der Waals surface area contributed by atoms with E-state index in [1.165, 1.54) is 7.11 Å². The van der Waals surface area contributed by atoms with Gasteiger partial charge in [-0.2, -0.15) is 8.42 Å². The van der Waals surface area contributed by atoms with Crippen molar-refractivity contribution < 1.29 is 17.9 Å². The summed E-state index contributed by atoms with van der Waals surface area (Å²) in [6.07, 6.45) is 1.26. The number of likely N-dealkylation sites (tertiary alicyclic amines) is 1. The van der Waals surface area contributed by atoms with E-state index in [9.17, 15) is 13.2 Å². The summed E-state index contributed by atoms with van der Waals surface area (Å²) in [7, 11) is -2.31. The summed E-state index contributed by atoms with van der Waals surface area (Å²) in [5.41, 5.74) is 0.653. The normalized spacial score (nSPS) is 20.3. The number of hydrogen-bond acceptors (Lipinski definition) is 6. The molecule has 1 fully saturated rings. The standard InChI is InChI=1S/C16H21N3O4S/c1-3-19-13-6-4-5-7-14(13)24(21,22)17-16(19)18-10-8-12(9-11-18)15(20)23-2/h4-7,12H,3,8-11H2,1-2H3. The van der Waals surface area contributed by atoms with Gasteiger partial charge in [-0.05, 0) is 31.9 Å². The molecule has 0 aliphatic carbocycles. The molecule has 0 saturated carbocycles. The van der Waals surface area contributed by atoms with Gasteiger partial charge in [0, 0.05) is 19.6 Å². The van der Waals surface area contributed by atoms with Crippen molar-refractivity contribution in [3.8, 4) is 0 Å². The number of para-hydroxylation sites is 1. The van der Waals surface area contributed by atoms with E-state index in [0.717, 1.165) is 0 Å². The Morgan fingerprint density at radius 1 is 1.29 bits per heavy atom. The van der Waals surface area contributed by atoms with Crippen LogP contribution < -0.4 is 4.90 Å². The molecule has 1 aromatic rings. The molecule has 1 aromatic carbocycles. The van der Waals surface area contributed by atoms with Gasteiger partial charge in [-0.3, -0.25) is 4.79 Å². The van der Waals surface area contributed by atoms with Gasteiger partial charge in [0.1, 0.15) is 4.90 Å². The Labute approximate surface area is 142 Å². The zero-order chi connectivity index (χ0) is 17.3. The predicted octanol–water partition coefficient (Wildman–Crippen LogP) is 1.46. The highest BCUT2D eigenvalue weighted by Gasteiger charge is 2.35. The number of hydrogen-bond donors (Lipinski definition) is 0. The Balaban J connectivity index is 1.89. The fourth-order valence-electron chi connectivity index (χ4n) is 3.23. The highest BCUT2D eigenvalue weighted by atomic mass is 32.2. The van der Waals surface area contributed by atoms with Crippen LogP contribution in [0.15, 0.2) is 33.6 Å². The van der Waals surface area contributed by atoms with E-state index in [0.29, 0.717) is 44.1 Å². The van der Waals surface area contributed by atoms with Gasteiger partial charge >= 0.3 is 5.97 Å². The molecular formula is C16H21N3O4S. The Hall–Kier alpha value is -2.09. The Morgan fingerprint density at radius 2 is 1.96 bits per heavy atom. The maximum absolute atomic E-state index is 12.5. The van der Waals surface area contributed by atoms with Crippen molar-refractivity contribution in [2.45, 2.75) is 24.7 Å². The van der Waals surface area contributed by atoms with Gasteiger partial charge in [0.05, 0.1) is 18.7 Å². The number of guanidine groups is 1. The van der Waals surface area contributed by atoms with Crippen LogP contribution in [0, 0.1) is 5.92 Å². The quantitative estimate of drug-likeness (QED) is 0.751. The summed E-state index contributed by atoms with van der Waals surface area (Å²) in [4.78, 5) is 15.7. The molecule has 7 nitrogen and oxygen atoms in total. The minimum absolute atomic E-state index is 0.130. The molecule has 0 atom stereocenters. The maximum atomic E-state index is 12.5. The molecule has 0 aromatic heterocycles. The number of ether oxygens (including phenoxy) is 1. The van der Waals surface area contributed by atoms with Crippen LogP contribution in [0.1, 0.15) is 19.8 Å². The van der Waals surface area contributed by atoms with E-state index < -0.39 is 10.0 Å². The first-order valence-electron chi connectivity index (χ1n) is 8.02. The zero-order valence-corrected chi connectivity index (χ0v) is 14.6. The number of rotatable bonds is 2. The zero-order valence-electron chi connectivity index (χ0n) is 13.8. The number of carbonyl (C=O) groups excluding carboxylic acids is 1. The minimum atomic E-state index is -3.71. The van der Waals surface area contributed by atoms with E-state index in [-0.39, 0.29) is 16.8 Å². The topological polar surface area (TPSA) is 79.3 Å². The van der Waals surface area contributed by atoms with Crippen molar-refractivity contribution in [3.05, 3.63) is 24.3 Å². The molecule has 24 heavy (non-hydrogen) atoms. The van der Waals surface area contributed by atoms with Crippen LogP contribution in [0.3, 0.4) is 0 Å². The van der Waals surface area contributed by atoms with E-state index in [1.54, 1.807) is 18.2 Å². The first kappa shape index (κ1) is 16.8. The SMILES string of the molecule is CCN1C(N2CCC(C(=O)OC)CC2)=NS(=O)(=O)c2ccccc21. The first-order chi connectivity index (χ1) is 11.5. The lowest BCUT2D eigenvalue weighted by Crippen LogP contribution is -2.50. The molecular weight excluding hydrogens is 330 g/mol. The van der Waals surface area contributed by atoms with E-state index >= 15 is 0 Å². The fourth-order valence-corrected chi connectivity index (χ4v) is 4.45. The molecule has 0 unspecified atom stereocenters. The van der Waals surface area contributed by atoms with Crippen molar-refractivity contribution in [2.24, 2.45) is 10.3 Å². The van der Waals surface area contributed by atoms with Gasteiger partial charge in [-0.1, -0.05) is 12.1 Å². The van der Waals surface area contributed by atoms with Crippen molar-refractivity contribution in [3.63, 3.8) is 0 Å². The van der Waals surface area contributed by atoms with E-state index in [4.69, 9.17) is 4.74 Å². The monoisotopic (exact) mass is 351 g/mol. The van der Waals surface area contributed by atoms with E-state index in [1.807, 2.05) is 22.8 Å². The molecule has 0 bridgehead atoms. The van der Waals surface area contributed by atoms with Crippen LogP contribution >= 0.6 is 0 Å². The number of esters is 1. The number of anilines is 1. The Morgan fingerprint density at radius 3 is 2.58 bits per heavy atom. The summed E-state index contributed by atoms with van der Waals surface area (Å²) in [6.45, 7) is 3.73. The average Bonchev–Trinajstić information content (AvgIpc) is 2.61. The second-order valence-electron chi connectivity index (χ2n) is 5.86. The predicted molar refractivity (Wildman–Crippen MR) is 90.4 cm³/mol. The van der Waals surface area contributed by atoms with Crippen LogP contribution in [0.5, 0.6) is 0 Å². The average molecular weight is 351 g/mol. The second kappa shape index (κ2) is 6.43. The molecule has 2 heterocycles. The summed E-state index contributed by atoms with van der Waals surface area (Å²) in [5, 5.41) is 0. The third-order valence-corrected chi connectivity index (χ3v) is 5.81. The fraction of sp³-hybridized carbons (Fsp3) is 0.500. The van der Waals surface area contributed by atoms with Crippen molar-refractivity contribution in [1.29, 1.82) is 0 Å². The third kappa shape index (κ3) is 2.86. The molecule has 0 N–H and O–H groups in total. The molecule has 2 aliphatic heterocycles. The van der Waals surface area contributed by atoms with Crippen LogP contribution in [0.4, 0.5) is 5.69 Å². The number of nitrogens with zero attached hydrogens (tertiary/aromatic N) is 3. The van der Waals surface area contributed by atoms with Crippen LogP contribution in [0.25, 0.3) is 0 Å². The molecule has 130 valence electrons. The maximum Gasteiger partial charge on any atom is 0.308 e. The highest BCUT2D eigenvalue weighted by molar-refractivity contribution is 7.90. The summed E-state index contributed by atoms with van der Waals surface area (Å²) in [5.74, 6) is 0.111. The summed E-state index contributed by atoms with van der Waals surface area (Å²) >= 11 is 0. The van der Waals surface area contributed by atoms with Crippen molar-refractivity contribution >= 4 is 27.6 Å². The number of sulfonamides is 1. The number of carbonyl (C=O) groups is 1.